The van der Waals surface area contributed by atoms with Crippen molar-refractivity contribution in [3.05, 3.63) is 75.7 Å². The second-order valence-corrected chi connectivity index (χ2v) is 9.66. The summed E-state index contributed by atoms with van der Waals surface area (Å²) in [5.74, 6) is 1.33. The van der Waals surface area contributed by atoms with Gasteiger partial charge in [0.2, 0.25) is 0 Å². The zero-order chi connectivity index (χ0) is 25.9. The maximum atomic E-state index is 13.0. The summed E-state index contributed by atoms with van der Waals surface area (Å²) in [4.78, 5) is 30.2. The lowest BCUT2D eigenvalue weighted by molar-refractivity contribution is 0.0964. The molecule has 1 amide bonds. The molecule has 8 nitrogen and oxygen atoms in total. The zero-order valence-electron chi connectivity index (χ0n) is 21.7. The SMILES string of the molecule is CNC(=O)c1cc(=O)n(CCN2CCC(N(C)C3=Cc4ccccc4OC3)CC2)c2cc(OC)ccc12. The summed E-state index contributed by atoms with van der Waals surface area (Å²) in [5, 5.41) is 3.37. The highest BCUT2D eigenvalue weighted by Crippen LogP contribution is 2.29. The van der Waals surface area contributed by atoms with Crippen molar-refractivity contribution in [2.24, 2.45) is 0 Å². The number of hydrogen-bond acceptors (Lipinski definition) is 6. The number of methoxy groups -OCH3 is 1. The molecule has 0 spiro atoms. The van der Waals surface area contributed by atoms with Gasteiger partial charge in [0.05, 0.1) is 23.9 Å². The molecule has 0 unspecified atom stereocenters. The summed E-state index contributed by atoms with van der Waals surface area (Å²) in [7, 11) is 5.33. The minimum Gasteiger partial charge on any atom is -0.497 e. The number of nitrogens with one attached hydrogen (secondary N) is 1. The summed E-state index contributed by atoms with van der Waals surface area (Å²) >= 11 is 0. The topological polar surface area (TPSA) is 76.0 Å². The number of nitrogens with zero attached hydrogens (tertiary/aromatic N) is 3. The van der Waals surface area contributed by atoms with E-state index in [1.165, 1.54) is 11.8 Å². The van der Waals surface area contributed by atoms with E-state index in [4.69, 9.17) is 9.47 Å². The lowest BCUT2D eigenvalue weighted by Gasteiger charge is -2.39. The monoisotopic (exact) mass is 502 g/mol. The largest absolute Gasteiger partial charge is 0.497 e. The summed E-state index contributed by atoms with van der Waals surface area (Å²) in [6.45, 7) is 3.84. The van der Waals surface area contributed by atoms with Crippen molar-refractivity contribution in [1.82, 2.24) is 19.7 Å². The summed E-state index contributed by atoms with van der Waals surface area (Å²) in [5.41, 5.74) is 3.25. The van der Waals surface area contributed by atoms with E-state index >= 15 is 0 Å². The minimum atomic E-state index is -0.271. The van der Waals surface area contributed by atoms with Crippen LogP contribution in [0, 0.1) is 0 Å². The Morgan fingerprint density at radius 2 is 1.92 bits per heavy atom. The number of aromatic nitrogens is 1. The van der Waals surface area contributed by atoms with Gasteiger partial charge in [0.1, 0.15) is 18.1 Å². The number of para-hydroxylation sites is 1. The van der Waals surface area contributed by atoms with E-state index < -0.39 is 0 Å². The van der Waals surface area contributed by atoms with Gasteiger partial charge >= 0.3 is 0 Å². The predicted octanol–water partition coefficient (Wildman–Crippen LogP) is 3.20. The second-order valence-electron chi connectivity index (χ2n) is 9.66. The molecule has 194 valence electrons. The number of carbonyl (C=O) groups excluding carboxylic acids is 1. The van der Waals surface area contributed by atoms with Crippen LogP contribution in [0.4, 0.5) is 0 Å². The van der Waals surface area contributed by atoms with Gasteiger partial charge in [-0.3, -0.25) is 9.59 Å². The third-order valence-corrected chi connectivity index (χ3v) is 7.61. The van der Waals surface area contributed by atoms with Gasteiger partial charge in [-0.05, 0) is 37.1 Å². The van der Waals surface area contributed by atoms with Crippen molar-refractivity contribution < 1.29 is 14.3 Å². The van der Waals surface area contributed by atoms with E-state index in [1.54, 1.807) is 18.7 Å². The Labute approximate surface area is 217 Å². The molecule has 2 aliphatic rings. The zero-order valence-corrected chi connectivity index (χ0v) is 21.7. The number of hydrogen-bond donors (Lipinski definition) is 1. The van der Waals surface area contributed by atoms with Crippen LogP contribution in [-0.4, -0.2) is 73.8 Å². The molecule has 0 saturated carbocycles. The van der Waals surface area contributed by atoms with Crippen LogP contribution in [0.2, 0.25) is 0 Å². The average molecular weight is 503 g/mol. The van der Waals surface area contributed by atoms with Crippen LogP contribution in [0.5, 0.6) is 11.5 Å². The van der Waals surface area contributed by atoms with Crippen LogP contribution >= 0.6 is 0 Å². The fraction of sp³-hybridized carbons (Fsp3) is 0.379. The molecule has 0 aliphatic carbocycles. The van der Waals surface area contributed by atoms with Gasteiger partial charge in [-0.25, -0.2) is 0 Å². The van der Waals surface area contributed by atoms with Crippen LogP contribution in [0.3, 0.4) is 0 Å². The number of ether oxygens (including phenoxy) is 2. The maximum absolute atomic E-state index is 13.0. The first kappa shape index (κ1) is 24.9. The minimum absolute atomic E-state index is 0.182. The molecule has 1 aromatic heterocycles. The van der Waals surface area contributed by atoms with Crippen LogP contribution < -0.4 is 20.3 Å². The number of fused-ring (bicyclic) bond motifs is 2. The molecule has 2 aromatic carbocycles. The normalized spacial score (nSPS) is 16.0. The highest BCUT2D eigenvalue weighted by Gasteiger charge is 2.25. The van der Waals surface area contributed by atoms with Crippen LogP contribution in [0.15, 0.2) is 59.0 Å². The molecule has 37 heavy (non-hydrogen) atoms. The summed E-state index contributed by atoms with van der Waals surface area (Å²) in [6, 6.07) is 15.5. The third-order valence-electron chi connectivity index (χ3n) is 7.61. The lowest BCUT2D eigenvalue weighted by atomic mass is 10.0. The van der Waals surface area contributed by atoms with Gasteiger partial charge in [0.15, 0.2) is 0 Å². The van der Waals surface area contributed by atoms with Crippen LogP contribution in [0.1, 0.15) is 28.8 Å². The first-order valence-electron chi connectivity index (χ1n) is 12.8. The van der Waals surface area contributed by atoms with E-state index in [1.807, 2.05) is 36.4 Å². The van der Waals surface area contributed by atoms with Gasteiger partial charge in [-0.2, -0.15) is 0 Å². The first-order valence-corrected chi connectivity index (χ1v) is 12.8. The van der Waals surface area contributed by atoms with Crippen LogP contribution in [0.25, 0.3) is 17.0 Å². The second kappa shape index (κ2) is 10.7. The number of pyridine rings is 1. The Kier molecular flexibility index (Phi) is 7.19. The van der Waals surface area contributed by atoms with Gasteiger partial charge in [0, 0.05) is 69.4 Å². The van der Waals surface area contributed by atoms with Crippen molar-refractivity contribution in [2.45, 2.75) is 25.4 Å². The van der Waals surface area contributed by atoms with Gasteiger partial charge < -0.3 is 29.2 Å². The van der Waals surface area contributed by atoms with Crippen molar-refractivity contribution in [1.29, 1.82) is 0 Å². The smallest absolute Gasteiger partial charge is 0.251 e. The van der Waals surface area contributed by atoms with E-state index in [2.05, 4.69) is 34.3 Å². The lowest BCUT2D eigenvalue weighted by Crippen LogP contribution is -2.45. The molecular weight excluding hydrogens is 468 g/mol. The Morgan fingerprint density at radius 3 is 2.68 bits per heavy atom. The number of likely N-dealkylation sites (N-methyl/N-ethyl adjacent to an activating group) is 1. The van der Waals surface area contributed by atoms with Gasteiger partial charge in [-0.1, -0.05) is 18.2 Å². The fourth-order valence-electron chi connectivity index (χ4n) is 5.35. The van der Waals surface area contributed by atoms with E-state index in [-0.39, 0.29) is 11.5 Å². The Hall–Kier alpha value is -3.78. The highest BCUT2D eigenvalue weighted by molar-refractivity contribution is 6.06. The molecule has 3 heterocycles. The van der Waals surface area contributed by atoms with Crippen molar-refractivity contribution >= 4 is 22.9 Å². The number of likely N-dealkylation sites (tertiary alicyclic amines) is 1. The fourth-order valence-corrected chi connectivity index (χ4v) is 5.35. The van der Waals surface area contributed by atoms with Gasteiger partial charge in [-0.15, -0.1) is 0 Å². The standard InChI is InChI=1S/C29H34N4O4/c1-30-29(35)25-18-28(34)33(26-17-23(36-3)8-9-24(25)26)15-14-32-12-10-21(11-13-32)31(2)22-16-20-6-4-5-7-27(20)37-19-22/h4-9,16-18,21H,10-15,19H2,1-3H3,(H,30,35). The summed E-state index contributed by atoms with van der Waals surface area (Å²) < 4.78 is 13.1. The molecular formula is C29H34N4O4. The quantitative estimate of drug-likeness (QED) is 0.535. The molecule has 8 heteroatoms. The van der Waals surface area contributed by atoms with Crippen molar-refractivity contribution in [3.63, 3.8) is 0 Å². The molecule has 3 aromatic rings. The van der Waals surface area contributed by atoms with E-state index in [0.29, 0.717) is 36.0 Å². The molecule has 0 radical (unpaired) electrons. The molecule has 2 aliphatic heterocycles. The molecule has 1 saturated heterocycles. The highest BCUT2D eigenvalue weighted by atomic mass is 16.5. The first-order chi connectivity index (χ1) is 18.0. The maximum Gasteiger partial charge on any atom is 0.251 e. The molecule has 1 N–H and O–H groups in total. The van der Waals surface area contributed by atoms with Crippen LogP contribution in [-0.2, 0) is 6.54 Å². The van der Waals surface area contributed by atoms with Crippen molar-refractivity contribution in [3.8, 4) is 11.5 Å². The Morgan fingerprint density at radius 1 is 1.14 bits per heavy atom. The average Bonchev–Trinajstić information content (AvgIpc) is 2.95. The molecule has 5 rings (SSSR count). The Balaban J connectivity index is 1.26. The van der Waals surface area contributed by atoms with E-state index in [0.717, 1.165) is 49.2 Å². The van der Waals surface area contributed by atoms with Gasteiger partial charge in [0.25, 0.3) is 11.5 Å². The van der Waals surface area contributed by atoms with Crippen molar-refractivity contribution in [2.75, 3.05) is 47.4 Å². The predicted molar refractivity (Wildman–Crippen MR) is 145 cm³/mol. The Bertz CT molecular complexity index is 1390. The number of carbonyl (C=O) groups is 1. The summed E-state index contributed by atoms with van der Waals surface area (Å²) in [6.07, 6.45) is 4.34. The number of piperidine rings is 1. The molecule has 1 fully saturated rings. The molecule has 0 atom stereocenters. The number of benzene rings is 2. The molecule has 0 bridgehead atoms. The van der Waals surface area contributed by atoms with E-state index in [9.17, 15) is 9.59 Å². The number of amides is 1. The number of rotatable bonds is 7. The third kappa shape index (κ3) is 5.06.